The number of hydrogen-bond donors (Lipinski definition) is 0. The van der Waals surface area contributed by atoms with Crippen LogP contribution >= 0.6 is 23.6 Å². The Morgan fingerprint density at radius 3 is 2.50 bits per heavy atom. The average Bonchev–Trinajstić information content (AvgIpc) is 3.34. The minimum Gasteiger partial charge on any atom is -0.297 e. The lowest BCUT2D eigenvalue weighted by Crippen LogP contribution is -2.46. The van der Waals surface area contributed by atoms with Crippen LogP contribution in [0.15, 0.2) is 59.8 Å². The molecule has 0 amide bonds. The first-order valence-corrected chi connectivity index (χ1v) is 10.9. The lowest BCUT2D eigenvalue weighted by Gasteiger charge is -2.34. The zero-order valence-electron chi connectivity index (χ0n) is 15.9. The van der Waals surface area contributed by atoms with Gasteiger partial charge in [-0.05, 0) is 34.6 Å². The second-order valence-corrected chi connectivity index (χ2v) is 8.18. The van der Waals surface area contributed by atoms with E-state index >= 15 is 0 Å². The van der Waals surface area contributed by atoms with E-state index in [0.29, 0.717) is 6.54 Å². The number of aromatic nitrogens is 3. The van der Waals surface area contributed by atoms with Crippen molar-refractivity contribution in [2.75, 3.05) is 26.2 Å². The Morgan fingerprint density at radius 2 is 1.82 bits per heavy atom. The molecule has 146 valence electrons. The van der Waals surface area contributed by atoms with Gasteiger partial charge in [0.25, 0.3) is 0 Å². The molecular formula is C21H25N5S2. The molecule has 28 heavy (non-hydrogen) atoms. The molecule has 0 aliphatic carbocycles. The second kappa shape index (κ2) is 8.96. The van der Waals surface area contributed by atoms with Crippen LogP contribution in [-0.2, 0) is 19.8 Å². The highest BCUT2D eigenvalue weighted by Gasteiger charge is 2.19. The summed E-state index contributed by atoms with van der Waals surface area (Å²) in [4.78, 5) is 4.95. The first kappa shape index (κ1) is 19.3. The molecule has 2 aromatic heterocycles. The minimum absolute atomic E-state index is 0.664. The molecule has 0 spiro atoms. The molecule has 4 rings (SSSR count). The SMILES string of the molecule is C=CCn1c(-c2ccccc2)nn(CN2CCN(Cc3ccsc3)CC2)c1=S. The highest BCUT2D eigenvalue weighted by Crippen LogP contribution is 2.19. The number of allylic oxidation sites excluding steroid dienone is 1. The van der Waals surface area contributed by atoms with E-state index < -0.39 is 0 Å². The molecule has 1 aromatic carbocycles. The molecule has 0 saturated carbocycles. The van der Waals surface area contributed by atoms with Crippen molar-refractivity contribution in [3.05, 3.63) is 70.1 Å². The van der Waals surface area contributed by atoms with E-state index in [9.17, 15) is 0 Å². The number of rotatable bonds is 7. The molecule has 3 heterocycles. The van der Waals surface area contributed by atoms with Crippen LogP contribution in [0.5, 0.6) is 0 Å². The molecular weight excluding hydrogens is 386 g/mol. The predicted octanol–water partition coefficient (Wildman–Crippen LogP) is 4.10. The minimum atomic E-state index is 0.664. The third-order valence-corrected chi connectivity index (χ3v) is 6.21. The Kier molecular flexibility index (Phi) is 6.17. The quantitative estimate of drug-likeness (QED) is 0.432. The van der Waals surface area contributed by atoms with Crippen LogP contribution in [0.25, 0.3) is 11.4 Å². The van der Waals surface area contributed by atoms with E-state index in [1.807, 2.05) is 29.0 Å². The molecule has 1 aliphatic rings. The van der Waals surface area contributed by atoms with Crippen molar-refractivity contribution in [1.29, 1.82) is 0 Å². The smallest absolute Gasteiger partial charge is 0.199 e. The van der Waals surface area contributed by atoms with Gasteiger partial charge in [0.1, 0.15) is 0 Å². The van der Waals surface area contributed by atoms with E-state index in [2.05, 4.69) is 49.9 Å². The Balaban J connectivity index is 1.45. The third kappa shape index (κ3) is 4.33. The summed E-state index contributed by atoms with van der Waals surface area (Å²) in [6.45, 7) is 10.5. The average molecular weight is 412 g/mol. The Labute approximate surface area is 175 Å². The molecule has 1 saturated heterocycles. The van der Waals surface area contributed by atoms with Gasteiger partial charge in [-0.3, -0.25) is 14.4 Å². The lowest BCUT2D eigenvalue weighted by atomic mass is 10.2. The molecule has 0 N–H and O–H groups in total. The molecule has 5 nitrogen and oxygen atoms in total. The normalized spacial score (nSPS) is 15.7. The van der Waals surface area contributed by atoms with E-state index in [0.717, 1.165) is 55.6 Å². The molecule has 0 bridgehead atoms. The van der Waals surface area contributed by atoms with Gasteiger partial charge in [0, 0.05) is 44.8 Å². The second-order valence-electron chi connectivity index (χ2n) is 7.04. The van der Waals surface area contributed by atoms with Crippen molar-refractivity contribution in [1.82, 2.24) is 24.1 Å². The fraction of sp³-hybridized carbons (Fsp3) is 0.333. The van der Waals surface area contributed by atoms with Crippen molar-refractivity contribution in [3.8, 4) is 11.4 Å². The highest BCUT2D eigenvalue weighted by molar-refractivity contribution is 7.71. The summed E-state index contributed by atoms with van der Waals surface area (Å²) in [5.74, 6) is 0.904. The summed E-state index contributed by atoms with van der Waals surface area (Å²) < 4.78 is 4.76. The standard InChI is InChI=1S/C21H25N5S2/c1-2-9-25-20(19-6-4-3-5-7-19)22-26(21(25)27)17-24-12-10-23(11-13-24)15-18-8-14-28-16-18/h2-8,14,16H,1,9-13,15,17H2. The monoisotopic (exact) mass is 411 g/mol. The van der Waals surface area contributed by atoms with Gasteiger partial charge in [0.2, 0.25) is 0 Å². The van der Waals surface area contributed by atoms with Crippen LogP contribution in [0.2, 0.25) is 0 Å². The molecule has 3 aromatic rings. The third-order valence-electron chi connectivity index (χ3n) is 5.05. The van der Waals surface area contributed by atoms with Crippen LogP contribution in [0.3, 0.4) is 0 Å². The van der Waals surface area contributed by atoms with Crippen LogP contribution < -0.4 is 0 Å². The largest absolute Gasteiger partial charge is 0.297 e. The fourth-order valence-corrected chi connectivity index (χ4v) is 4.47. The molecule has 0 radical (unpaired) electrons. The zero-order chi connectivity index (χ0) is 19.3. The molecule has 7 heteroatoms. The van der Waals surface area contributed by atoms with Gasteiger partial charge in [-0.25, -0.2) is 4.68 Å². The van der Waals surface area contributed by atoms with Crippen LogP contribution in [0, 0.1) is 4.77 Å². The van der Waals surface area contributed by atoms with E-state index in [1.54, 1.807) is 11.3 Å². The summed E-state index contributed by atoms with van der Waals surface area (Å²) in [6, 6.07) is 12.4. The van der Waals surface area contributed by atoms with Gasteiger partial charge >= 0.3 is 0 Å². The van der Waals surface area contributed by atoms with Crippen LogP contribution in [0.1, 0.15) is 5.56 Å². The number of nitrogens with zero attached hydrogens (tertiary/aromatic N) is 5. The van der Waals surface area contributed by atoms with Crippen molar-refractivity contribution in [3.63, 3.8) is 0 Å². The number of hydrogen-bond acceptors (Lipinski definition) is 5. The molecule has 1 fully saturated rings. The zero-order valence-corrected chi connectivity index (χ0v) is 17.5. The topological polar surface area (TPSA) is 29.2 Å². The van der Waals surface area contributed by atoms with Crippen molar-refractivity contribution in [2.45, 2.75) is 19.8 Å². The number of benzene rings is 1. The highest BCUT2D eigenvalue weighted by atomic mass is 32.1. The first-order chi connectivity index (χ1) is 13.7. The summed E-state index contributed by atoms with van der Waals surface area (Å²) in [6.07, 6.45) is 1.87. The fourth-order valence-electron chi connectivity index (χ4n) is 3.55. The van der Waals surface area contributed by atoms with Gasteiger partial charge < -0.3 is 0 Å². The predicted molar refractivity (Wildman–Crippen MR) is 118 cm³/mol. The Morgan fingerprint density at radius 1 is 1.07 bits per heavy atom. The van der Waals surface area contributed by atoms with Gasteiger partial charge in [-0.2, -0.15) is 16.4 Å². The van der Waals surface area contributed by atoms with Gasteiger partial charge in [-0.1, -0.05) is 36.4 Å². The molecule has 1 aliphatic heterocycles. The van der Waals surface area contributed by atoms with Crippen LogP contribution in [0.4, 0.5) is 0 Å². The summed E-state index contributed by atoms with van der Waals surface area (Å²) in [5, 5.41) is 9.24. The van der Waals surface area contributed by atoms with Crippen molar-refractivity contribution < 1.29 is 0 Å². The maximum Gasteiger partial charge on any atom is 0.199 e. The molecule has 0 unspecified atom stereocenters. The molecule has 0 atom stereocenters. The maximum atomic E-state index is 5.73. The Hall–Kier alpha value is -2.06. The van der Waals surface area contributed by atoms with Crippen molar-refractivity contribution in [2.24, 2.45) is 0 Å². The summed E-state index contributed by atoms with van der Waals surface area (Å²) in [7, 11) is 0. The summed E-state index contributed by atoms with van der Waals surface area (Å²) in [5.41, 5.74) is 2.49. The lowest BCUT2D eigenvalue weighted by molar-refractivity contribution is 0.0981. The van der Waals surface area contributed by atoms with Gasteiger partial charge in [-0.15, -0.1) is 6.58 Å². The Bertz CT molecular complexity index is 951. The van der Waals surface area contributed by atoms with E-state index in [4.69, 9.17) is 17.3 Å². The maximum absolute atomic E-state index is 5.73. The van der Waals surface area contributed by atoms with E-state index in [-0.39, 0.29) is 0 Å². The number of thiophene rings is 1. The number of piperazine rings is 1. The van der Waals surface area contributed by atoms with Gasteiger partial charge in [0.05, 0.1) is 6.67 Å². The first-order valence-electron chi connectivity index (χ1n) is 9.54. The van der Waals surface area contributed by atoms with Crippen molar-refractivity contribution >= 4 is 23.6 Å². The van der Waals surface area contributed by atoms with Gasteiger partial charge in [0.15, 0.2) is 10.6 Å². The van der Waals surface area contributed by atoms with E-state index in [1.165, 1.54) is 5.56 Å². The van der Waals surface area contributed by atoms with Crippen LogP contribution in [-0.4, -0.2) is 50.3 Å². The summed E-state index contributed by atoms with van der Waals surface area (Å²) >= 11 is 7.49.